The number of ether oxygens (including phenoxy) is 1. The van der Waals surface area contributed by atoms with Crippen LogP contribution in [0.4, 0.5) is 0 Å². The average Bonchev–Trinajstić information content (AvgIpc) is 2.26. The van der Waals surface area contributed by atoms with Gasteiger partial charge in [0, 0.05) is 12.0 Å². The molecule has 0 bridgehead atoms. The Kier molecular flexibility index (Phi) is 3.07. The topological polar surface area (TPSA) is 29.5 Å². The van der Waals surface area contributed by atoms with Gasteiger partial charge in [-0.25, -0.2) is 0 Å². The van der Waals surface area contributed by atoms with Crippen molar-refractivity contribution in [3.63, 3.8) is 0 Å². The molecule has 0 aliphatic carbocycles. The van der Waals surface area contributed by atoms with Crippen molar-refractivity contribution in [3.05, 3.63) is 41.2 Å². The van der Waals surface area contributed by atoms with Gasteiger partial charge in [-0.3, -0.25) is 0 Å². The Bertz CT molecular complexity index is 369. The Morgan fingerprint density at radius 1 is 1.33 bits per heavy atom. The lowest BCUT2D eigenvalue weighted by Crippen LogP contribution is -2.09. The van der Waals surface area contributed by atoms with Crippen LogP contribution < -0.4 is 0 Å². The van der Waals surface area contributed by atoms with Crippen molar-refractivity contribution in [1.29, 1.82) is 0 Å². The highest BCUT2D eigenvalue weighted by Gasteiger charge is 2.18. The molecule has 0 amide bonds. The Morgan fingerprint density at radius 2 is 2.13 bits per heavy atom. The fourth-order valence-corrected chi connectivity index (χ4v) is 1.76. The molecule has 1 aliphatic heterocycles. The van der Waals surface area contributed by atoms with E-state index in [-0.39, 0.29) is 0 Å². The summed E-state index contributed by atoms with van der Waals surface area (Å²) in [5, 5.41) is 9.77. The fourth-order valence-electron chi connectivity index (χ4n) is 1.76. The second-order valence-corrected chi connectivity index (χ2v) is 3.81. The van der Waals surface area contributed by atoms with E-state index in [0.717, 1.165) is 36.1 Å². The van der Waals surface area contributed by atoms with Crippen LogP contribution in [-0.2, 0) is 4.74 Å². The van der Waals surface area contributed by atoms with Crippen LogP contribution in [0.1, 0.15) is 43.6 Å². The molecule has 1 aromatic carbocycles. The maximum atomic E-state index is 9.77. The highest BCUT2D eigenvalue weighted by Crippen LogP contribution is 2.30. The van der Waals surface area contributed by atoms with Gasteiger partial charge in [0.15, 0.2) is 0 Å². The van der Waals surface area contributed by atoms with Gasteiger partial charge in [-0.15, -0.1) is 0 Å². The third-order valence-electron chi connectivity index (χ3n) is 2.62. The van der Waals surface area contributed by atoms with Gasteiger partial charge in [0.05, 0.1) is 0 Å². The van der Waals surface area contributed by atoms with Gasteiger partial charge in [-0.2, -0.15) is 0 Å². The van der Waals surface area contributed by atoms with Gasteiger partial charge in [0.2, 0.25) is 6.29 Å². The molecule has 1 atom stereocenters. The minimum atomic E-state index is -0.793. The lowest BCUT2D eigenvalue weighted by molar-refractivity contribution is -0.0724. The molecule has 2 nitrogen and oxygen atoms in total. The van der Waals surface area contributed by atoms with E-state index in [2.05, 4.69) is 6.92 Å². The zero-order chi connectivity index (χ0) is 10.7. The van der Waals surface area contributed by atoms with E-state index in [4.69, 9.17) is 4.74 Å². The van der Waals surface area contributed by atoms with Gasteiger partial charge in [-0.05, 0) is 18.1 Å². The third kappa shape index (κ3) is 2.21. The molecule has 2 rings (SSSR count). The predicted molar refractivity (Wildman–Crippen MR) is 60.0 cm³/mol. The number of hydrogen-bond acceptors (Lipinski definition) is 2. The van der Waals surface area contributed by atoms with Gasteiger partial charge in [0.25, 0.3) is 0 Å². The number of hydrogen-bond donors (Lipinski definition) is 1. The first kappa shape index (κ1) is 10.2. The maximum absolute atomic E-state index is 9.77. The van der Waals surface area contributed by atoms with Crippen LogP contribution in [0.15, 0.2) is 30.0 Å². The van der Waals surface area contributed by atoms with Crippen LogP contribution in [0.5, 0.6) is 0 Å². The van der Waals surface area contributed by atoms with E-state index < -0.39 is 6.29 Å². The van der Waals surface area contributed by atoms with Gasteiger partial charge >= 0.3 is 0 Å². The molecule has 1 heterocycles. The van der Waals surface area contributed by atoms with Crippen molar-refractivity contribution < 1.29 is 9.84 Å². The van der Waals surface area contributed by atoms with Crippen molar-refractivity contribution in [2.75, 3.05) is 0 Å². The second kappa shape index (κ2) is 4.49. The number of aliphatic hydroxyl groups is 1. The van der Waals surface area contributed by atoms with Crippen molar-refractivity contribution in [2.45, 2.75) is 32.5 Å². The first-order valence-corrected chi connectivity index (χ1v) is 5.45. The number of benzene rings is 1. The van der Waals surface area contributed by atoms with Gasteiger partial charge in [-0.1, -0.05) is 37.6 Å². The number of unbranched alkanes of at least 4 members (excludes halogenated alkanes) is 1. The minimum absolute atomic E-state index is 0.793. The van der Waals surface area contributed by atoms with Crippen molar-refractivity contribution in [2.24, 2.45) is 0 Å². The first-order valence-electron chi connectivity index (χ1n) is 5.45. The summed E-state index contributed by atoms with van der Waals surface area (Å²) in [5.74, 6) is 0.892. The van der Waals surface area contributed by atoms with Crippen LogP contribution >= 0.6 is 0 Å². The molecular formula is C13H16O2. The van der Waals surface area contributed by atoms with E-state index >= 15 is 0 Å². The summed E-state index contributed by atoms with van der Waals surface area (Å²) in [6, 6.07) is 7.79. The van der Waals surface area contributed by atoms with Crippen molar-refractivity contribution in [1.82, 2.24) is 0 Å². The summed E-state index contributed by atoms with van der Waals surface area (Å²) in [7, 11) is 0. The van der Waals surface area contributed by atoms with Crippen LogP contribution in [0.2, 0.25) is 0 Å². The zero-order valence-corrected chi connectivity index (χ0v) is 8.94. The van der Waals surface area contributed by atoms with E-state index in [0.29, 0.717) is 0 Å². The van der Waals surface area contributed by atoms with Crippen molar-refractivity contribution in [3.8, 4) is 0 Å². The normalized spacial score (nSPS) is 19.1. The van der Waals surface area contributed by atoms with Crippen LogP contribution in [0.25, 0.3) is 6.08 Å². The Morgan fingerprint density at radius 3 is 2.93 bits per heavy atom. The van der Waals surface area contributed by atoms with Crippen LogP contribution in [0, 0.1) is 0 Å². The molecule has 0 saturated heterocycles. The highest BCUT2D eigenvalue weighted by atomic mass is 16.6. The Labute approximate surface area is 90.2 Å². The molecule has 80 valence electrons. The molecule has 0 aromatic heterocycles. The monoisotopic (exact) mass is 204 g/mol. The number of allylic oxidation sites excluding steroid dienone is 1. The summed E-state index contributed by atoms with van der Waals surface area (Å²) >= 11 is 0. The molecule has 1 aliphatic rings. The highest BCUT2D eigenvalue weighted by molar-refractivity contribution is 5.57. The maximum Gasteiger partial charge on any atom is 0.224 e. The van der Waals surface area contributed by atoms with Crippen LogP contribution in [0.3, 0.4) is 0 Å². The third-order valence-corrected chi connectivity index (χ3v) is 2.62. The van der Waals surface area contributed by atoms with Crippen molar-refractivity contribution >= 4 is 6.08 Å². The molecule has 1 aromatic rings. The predicted octanol–water partition coefficient (Wildman–Crippen LogP) is 3.24. The largest absolute Gasteiger partial charge is 0.465 e. The number of fused-ring (bicyclic) bond motifs is 1. The first-order chi connectivity index (χ1) is 7.31. The smallest absolute Gasteiger partial charge is 0.224 e. The number of aliphatic hydroxyl groups excluding tert-OH is 1. The van der Waals surface area contributed by atoms with E-state index in [1.807, 2.05) is 30.3 Å². The quantitative estimate of drug-likeness (QED) is 0.819. The summed E-state index contributed by atoms with van der Waals surface area (Å²) in [6.45, 7) is 2.15. The summed E-state index contributed by atoms with van der Waals surface area (Å²) in [4.78, 5) is 0. The van der Waals surface area contributed by atoms with Crippen LogP contribution in [-0.4, -0.2) is 5.11 Å². The molecule has 2 heteroatoms. The standard InChI is InChI=1S/C13H16O2/c1-2-3-7-11-9-10-6-4-5-8-12(10)13(14)15-11/h4-6,8-9,13-14H,2-3,7H2,1H3. The molecule has 0 spiro atoms. The molecule has 0 fully saturated rings. The Hall–Kier alpha value is -1.28. The summed E-state index contributed by atoms with van der Waals surface area (Å²) < 4.78 is 5.43. The summed E-state index contributed by atoms with van der Waals surface area (Å²) in [6.07, 6.45) is 4.37. The SMILES string of the molecule is CCCCC1=Cc2ccccc2C(O)O1. The molecule has 0 radical (unpaired) electrons. The second-order valence-electron chi connectivity index (χ2n) is 3.81. The minimum Gasteiger partial charge on any atom is -0.465 e. The van der Waals surface area contributed by atoms with Gasteiger partial charge in [0.1, 0.15) is 5.76 Å². The number of rotatable bonds is 3. The molecule has 1 N–H and O–H groups in total. The molecule has 1 unspecified atom stereocenters. The van der Waals surface area contributed by atoms with Gasteiger partial charge < -0.3 is 9.84 Å². The molecule has 15 heavy (non-hydrogen) atoms. The molecule has 0 saturated carbocycles. The lowest BCUT2D eigenvalue weighted by Gasteiger charge is -2.23. The lowest BCUT2D eigenvalue weighted by atomic mass is 10.0. The Balaban J connectivity index is 2.22. The van der Waals surface area contributed by atoms with E-state index in [1.54, 1.807) is 0 Å². The zero-order valence-electron chi connectivity index (χ0n) is 8.94. The summed E-state index contributed by atoms with van der Waals surface area (Å²) in [5.41, 5.74) is 1.93. The van der Waals surface area contributed by atoms with E-state index in [9.17, 15) is 5.11 Å². The molecular weight excluding hydrogens is 188 g/mol. The average molecular weight is 204 g/mol. The van der Waals surface area contributed by atoms with E-state index in [1.165, 1.54) is 0 Å². The fraction of sp³-hybridized carbons (Fsp3) is 0.385.